The van der Waals surface area contributed by atoms with Crippen LogP contribution in [0.25, 0.3) is 11.3 Å². The van der Waals surface area contributed by atoms with Gasteiger partial charge in [-0.1, -0.05) is 30.3 Å². The van der Waals surface area contributed by atoms with Crippen LogP contribution in [-0.4, -0.2) is 39.6 Å². The summed E-state index contributed by atoms with van der Waals surface area (Å²) >= 11 is 0. The van der Waals surface area contributed by atoms with E-state index in [9.17, 15) is 14.4 Å². The van der Waals surface area contributed by atoms with Crippen LogP contribution in [0.4, 0.5) is 0 Å². The Labute approximate surface area is 157 Å². The molecular formula is C20H24N4O3. The molecule has 0 saturated carbocycles. The van der Waals surface area contributed by atoms with Crippen LogP contribution in [-0.2, 0) is 16.1 Å². The van der Waals surface area contributed by atoms with Crippen molar-refractivity contribution < 1.29 is 9.59 Å². The van der Waals surface area contributed by atoms with Crippen molar-refractivity contribution in [2.24, 2.45) is 11.7 Å². The van der Waals surface area contributed by atoms with Crippen molar-refractivity contribution in [2.75, 3.05) is 13.1 Å². The molecule has 1 aromatic heterocycles. The highest BCUT2D eigenvalue weighted by atomic mass is 16.2. The lowest BCUT2D eigenvalue weighted by Crippen LogP contribution is -2.41. The minimum absolute atomic E-state index is 0.0465. The summed E-state index contributed by atoms with van der Waals surface area (Å²) in [5, 5.41) is 4.41. The smallest absolute Gasteiger partial charge is 0.266 e. The second-order valence-electron chi connectivity index (χ2n) is 6.81. The first-order valence-electron chi connectivity index (χ1n) is 9.25. The second kappa shape index (κ2) is 8.62. The minimum atomic E-state index is -0.286. The third-order valence-corrected chi connectivity index (χ3v) is 4.95. The number of carbonyl (C=O) groups excluding carboxylic acids is 2. The molecule has 0 aliphatic carbocycles. The molecule has 0 atom stereocenters. The Bertz CT molecular complexity index is 855. The van der Waals surface area contributed by atoms with Gasteiger partial charge in [0, 0.05) is 43.6 Å². The Morgan fingerprint density at radius 2 is 1.78 bits per heavy atom. The van der Waals surface area contributed by atoms with Gasteiger partial charge >= 0.3 is 0 Å². The highest BCUT2D eigenvalue weighted by Gasteiger charge is 2.25. The van der Waals surface area contributed by atoms with E-state index in [1.165, 1.54) is 10.7 Å². The van der Waals surface area contributed by atoms with Crippen LogP contribution in [0.15, 0.2) is 47.3 Å². The molecule has 3 rings (SSSR count). The first-order valence-corrected chi connectivity index (χ1v) is 9.25. The maximum Gasteiger partial charge on any atom is 0.266 e. The molecule has 142 valence electrons. The van der Waals surface area contributed by atoms with E-state index in [0.717, 1.165) is 11.3 Å². The van der Waals surface area contributed by atoms with Gasteiger partial charge in [0.05, 0.1) is 5.69 Å². The van der Waals surface area contributed by atoms with Crippen molar-refractivity contribution in [3.63, 3.8) is 0 Å². The van der Waals surface area contributed by atoms with Crippen molar-refractivity contribution in [1.29, 1.82) is 0 Å². The molecule has 1 aromatic carbocycles. The van der Waals surface area contributed by atoms with Crippen LogP contribution in [0.5, 0.6) is 0 Å². The number of aromatic nitrogens is 2. The van der Waals surface area contributed by atoms with E-state index in [1.807, 2.05) is 30.3 Å². The van der Waals surface area contributed by atoms with Crippen molar-refractivity contribution in [1.82, 2.24) is 14.7 Å². The van der Waals surface area contributed by atoms with Gasteiger partial charge in [-0.3, -0.25) is 14.4 Å². The number of carbonyl (C=O) groups is 2. The Hall–Kier alpha value is -2.96. The van der Waals surface area contributed by atoms with E-state index < -0.39 is 0 Å². The van der Waals surface area contributed by atoms with Gasteiger partial charge in [-0.15, -0.1) is 0 Å². The predicted octanol–water partition coefficient (Wildman–Crippen LogP) is 1.41. The normalized spacial score (nSPS) is 14.9. The monoisotopic (exact) mass is 368 g/mol. The van der Waals surface area contributed by atoms with Gasteiger partial charge in [0.2, 0.25) is 11.8 Å². The van der Waals surface area contributed by atoms with Crippen LogP contribution >= 0.6 is 0 Å². The average molecular weight is 368 g/mol. The van der Waals surface area contributed by atoms with Gasteiger partial charge in [0.25, 0.3) is 5.56 Å². The van der Waals surface area contributed by atoms with E-state index in [-0.39, 0.29) is 23.3 Å². The van der Waals surface area contributed by atoms with Crippen LogP contribution in [0, 0.1) is 5.92 Å². The van der Waals surface area contributed by atoms with Crippen LogP contribution < -0.4 is 11.3 Å². The first-order chi connectivity index (χ1) is 13.0. The Balaban J connectivity index is 1.54. The average Bonchev–Trinajstić information content (AvgIpc) is 2.70. The predicted molar refractivity (Wildman–Crippen MR) is 102 cm³/mol. The maximum atomic E-state index is 12.3. The Morgan fingerprint density at radius 3 is 2.44 bits per heavy atom. The lowest BCUT2D eigenvalue weighted by molar-refractivity contribution is -0.135. The maximum absolute atomic E-state index is 12.3. The van der Waals surface area contributed by atoms with Crippen molar-refractivity contribution in [3.8, 4) is 11.3 Å². The van der Waals surface area contributed by atoms with Crippen molar-refractivity contribution >= 4 is 11.8 Å². The second-order valence-corrected chi connectivity index (χ2v) is 6.81. The lowest BCUT2D eigenvalue weighted by Gasteiger charge is -2.30. The zero-order valence-electron chi connectivity index (χ0n) is 15.2. The first kappa shape index (κ1) is 18.8. The van der Waals surface area contributed by atoms with Gasteiger partial charge in [-0.05, 0) is 25.3 Å². The number of aryl methyl sites for hydroxylation is 1. The number of hydrogen-bond acceptors (Lipinski definition) is 4. The molecule has 0 spiro atoms. The molecule has 2 amide bonds. The van der Waals surface area contributed by atoms with E-state index in [4.69, 9.17) is 5.73 Å². The number of nitrogens with two attached hydrogens (primary N) is 1. The number of likely N-dealkylation sites (tertiary alicyclic amines) is 1. The third-order valence-electron chi connectivity index (χ3n) is 4.95. The molecule has 1 saturated heterocycles. The Kier molecular flexibility index (Phi) is 6.01. The van der Waals surface area contributed by atoms with Gasteiger partial charge in [0.15, 0.2) is 0 Å². The summed E-state index contributed by atoms with van der Waals surface area (Å²) in [7, 11) is 0. The summed E-state index contributed by atoms with van der Waals surface area (Å²) < 4.78 is 1.41. The molecule has 2 heterocycles. The van der Waals surface area contributed by atoms with Gasteiger partial charge in [-0.25, -0.2) is 4.68 Å². The highest BCUT2D eigenvalue weighted by molar-refractivity contribution is 5.78. The van der Waals surface area contributed by atoms with Crippen molar-refractivity contribution in [2.45, 2.75) is 32.2 Å². The number of amides is 2. The third kappa shape index (κ3) is 4.81. The molecule has 0 radical (unpaired) electrons. The fourth-order valence-electron chi connectivity index (χ4n) is 3.32. The number of benzene rings is 1. The molecule has 7 heteroatoms. The molecule has 27 heavy (non-hydrogen) atoms. The van der Waals surface area contributed by atoms with Gasteiger partial charge < -0.3 is 10.6 Å². The molecule has 2 aromatic rings. The van der Waals surface area contributed by atoms with E-state index in [0.29, 0.717) is 45.3 Å². The zero-order chi connectivity index (χ0) is 19.2. The van der Waals surface area contributed by atoms with Crippen LogP contribution in [0.1, 0.15) is 25.7 Å². The molecule has 2 N–H and O–H groups in total. The van der Waals surface area contributed by atoms with Gasteiger partial charge in [0.1, 0.15) is 0 Å². The minimum Gasteiger partial charge on any atom is -0.369 e. The highest BCUT2D eigenvalue weighted by Crippen LogP contribution is 2.18. The fourth-order valence-corrected chi connectivity index (χ4v) is 3.32. The van der Waals surface area contributed by atoms with E-state index in [2.05, 4.69) is 5.10 Å². The van der Waals surface area contributed by atoms with E-state index >= 15 is 0 Å². The molecule has 1 aliphatic rings. The molecule has 7 nitrogen and oxygen atoms in total. The summed E-state index contributed by atoms with van der Waals surface area (Å²) in [5.41, 5.74) is 6.82. The molecular weight excluding hydrogens is 344 g/mol. The number of hydrogen-bond donors (Lipinski definition) is 1. The summed E-state index contributed by atoms with van der Waals surface area (Å²) in [5.74, 6) is -0.367. The summed E-state index contributed by atoms with van der Waals surface area (Å²) in [6.07, 6.45) is 2.15. The SMILES string of the molecule is NC(=O)C1CCN(C(=O)CCCn2nc(-c3ccccc3)ccc2=O)CC1. The zero-order valence-corrected chi connectivity index (χ0v) is 15.2. The largest absolute Gasteiger partial charge is 0.369 e. The standard InChI is InChI=1S/C20H24N4O3/c21-20(27)16-10-13-23(14-11-16)18(25)7-4-12-24-19(26)9-8-17(22-24)15-5-2-1-3-6-15/h1-3,5-6,8-9,16H,4,7,10-14H2,(H2,21,27). The van der Waals surface area contributed by atoms with Crippen LogP contribution in [0.2, 0.25) is 0 Å². The lowest BCUT2D eigenvalue weighted by atomic mass is 9.96. The topological polar surface area (TPSA) is 98.3 Å². The number of rotatable bonds is 6. The number of primary amides is 1. The quantitative estimate of drug-likeness (QED) is 0.833. The Morgan fingerprint density at radius 1 is 1.07 bits per heavy atom. The number of nitrogens with zero attached hydrogens (tertiary/aromatic N) is 3. The summed E-state index contributed by atoms with van der Waals surface area (Å²) in [4.78, 5) is 37.4. The molecule has 1 fully saturated rings. The molecule has 1 aliphatic heterocycles. The number of piperidine rings is 1. The van der Waals surface area contributed by atoms with Gasteiger partial charge in [-0.2, -0.15) is 5.10 Å². The fraction of sp³-hybridized carbons (Fsp3) is 0.400. The van der Waals surface area contributed by atoms with Crippen LogP contribution in [0.3, 0.4) is 0 Å². The molecule has 0 bridgehead atoms. The molecule has 0 unspecified atom stereocenters. The summed E-state index contributed by atoms with van der Waals surface area (Å²) in [6.45, 7) is 1.52. The summed E-state index contributed by atoms with van der Waals surface area (Å²) in [6, 6.07) is 12.9. The van der Waals surface area contributed by atoms with Crippen molar-refractivity contribution in [3.05, 3.63) is 52.8 Å². The van der Waals surface area contributed by atoms with E-state index in [1.54, 1.807) is 11.0 Å².